The molecular weight excluding hydrogens is 246 g/mol. The lowest BCUT2D eigenvalue weighted by Crippen LogP contribution is -2.21. The van der Waals surface area contributed by atoms with Crippen LogP contribution in [0.2, 0.25) is 5.02 Å². The molecule has 16 heavy (non-hydrogen) atoms. The Bertz CT molecular complexity index is 585. The number of H-pyrrole nitrogens is 2. The van der Waals surface area contributed by atoms with Crippen molar-refractivity contribution in [1.29, 1.82) is 0 Å². The maximum Gasteiger partial charge on any atom is 0.342 e. The summed E-state index contributed by atoms with van der Waals surface area (Å²) in [6.45, 7) is 1.88. The van der Waals surface area contributed by atoms with E-state index in [-0.39, 0.29) is 11.7 Å². The third kappa shape index (κ3) is 1.83. The van der Waals surface area contributed by atoms with E-state index in [1.54, 1.807) is 6.07 Å². The lowest BCUT2D eigenvalue weighted by Gasteiger charge is -2.13. The lowest BCUT2D eigenvalue weighted by atomic mass is 10.1. The minimum atomic E-state index is -0.266. The number of benzene rings is 1. The van der Waals surface area contributed by atoms with Gasteiger partial charge in [-0.1, -0.05) is 29.8 Å². The molecule has 2 N–H and O–H groups in total. The summed E-state index contributed by atoms with van der Waals surface area (Å²) in [5, 5.41) is 5.67. The molecule has 2 aromatic rings. The molecule has 0 fully saturated rings. The fourth-order valence-corrected chi connectivity index (χ4v) is 2.21. The molecule has 0 aliphatic carbocycles. The van der Waals surface area contributed by atoms with E-state index in [2.05, 4.69) is 10.2 Å². The second-order valence-corrected chi connectivity index (χ2v) is 4.22. The smallest absolute Gasteiger partial charge is 0.272 e. The molecule has 1 atom stereocenters. The topological polar surface area (TPSA) is 53.6 Å². The summed E-state index contributed by atoms with van der Waals surface area (Å²) in [4.78, 5) is 11.5. The molecule has 0 aliphatic rings. The van der Waals surface area contributed by atoms with Crippen molar-refractivity contribution in [1.82, 2.24) is 14.8 Å². The first-order chi connectivity index (χ1) is 7.61. The number of nitrogens with one attached hydrogen (secondary N) is 2. The Kier molecular flexibility index (Phi) is 2.98. The highest BCUT2D eigenvalue weighted by molar-refractivity contribution is 7.71. The van der Waals surface area contributed by atoms with Gasteiger partial charge in [-0.15, -0.1) is 0 Å². The van der Waals surface area contributed by atoms with Gasteiger partial charge < -0.3 is 0 Å². The van der Waals surface area contributed by atoms with Crippen molar-refractivity contribution in [3.8, 4) is 0 Å². The van der Waals surface area contributed by atoms with Gasteiger partial charge in [0.2, 0.25) is 0 Å². The molecule has 2 rings (SSSR count). The molecule has 0 bridgehead atoms. The Morgan fingerprint density at radius 1 is 1.38 bits per heavy atom. The van der Waals surface area contributed by atoms with Gasteiger partial charge in [-0.25, -0.2) is 9.89 Å². The fraction of sp³-hybridized carbons (Fsp3) is 0.200. The molecule has 0 saturated heterocycles. The van der Waals surface area contributed by atoms with Gasteiger partial charge in [-0.3, -0.25) is 9.67 Å². The first-order valence-electron chi connectivity index (χ1n) is 4.75. The van der Waals surface area contributed by atoms with Gasteiger partial charge in [0.1, 0.15) is 0 Å². The van der Waals surface area contributed by atoms with Crippen LogP contribution in [0.15, 0.2) is 29.1 Å². The Balaban J connectivity index is 2.56. The van der Waals surface area contributed by atoms with E-state index >= 15 is 0 Å². The minimum absolute atomic E-state index is 0.198. The summed E-state index contributed by atoms with van der Waals surface area (Å²) in [6, 6.07) is 7.19. The van der Waals surface area contributed by atoms with Crippen molar-refractivity contribution in [2.24, 2.45) is 0 Å². The van der Waals surface area contributed by atoms with Crippen molar-refractivity contribution in [2.45, 2.75) is 13.0 Å². The van der Waals surface area contributed by atoms with Crippen molar-refractivity contribution in [3.63, 3.8) is 0 Å². The summed E-state index contributed by atoms with van der Waals surface area (Å²) in [6.07, 6.45) is 0. The molecule has 1 heterocycles. The van der Waals surface area contributed by atoms with E-state index in [1.807, 2.05) is 25.1 Å². The highest BCUT2D eigenvalue weighted by Gasteiger charge is 2.14. The van der Waals surface area contributed by atoms with E-state index in [4.69, 9.17) is 23.8 Å². The molecule has 0 amide bonds. The van der Waals surface area contributed by atoms with Gasteiger partial charge in [0, 0.05) is 5.02 Å². The summed E-state index contributed by atoms with van der Waals surface area (Å²) < 4.78 is 1.81. The van der Waals surface area contributed by atoms with Crippen LogP contribution >= 0.6 is 23.8 Å². The maximum absolute atomic E-state index is 11.5. The van der Waals surface area contributed by atoms with Crippen LogP contribution in [0, 0.1) is 4.77 Å². The van der Waals surface area contributed by atoms with E-state index in [0.717, 1.165) is 5.56 Å². The zero-order chi connectivity index (χ0) is 11.7. The average molecular weight is 256 g/mol. The fourth-order valence-electron chi connectivity index (χ4n) is 1.62. The molecular formula is C10H10ClN3OS. The van der Waals surface area contributed by atoms with Crippen molar-refractivity contribution < 1.29 is 0 Å². The predicted octanol–water partition coefficient (Wildman–Crippen LogP) is 2.50. The highest BCUT2D eigenvalue weighted by Crippen LogP contribution is 2.24. The van der Waals surface area contributed by atoms with Crippen LogP contribution in [0.4, 0.5) is 0 Å². The molecule has 0 saturated carbocycles. The highest BCUT2D eigenvalue weighted by atomic mass is 35.5. The van der Waals surface area contributed by atoms with Crippen LogP contribution < -0.4 is 5.69 Å². The predicted molar refractivity (Wildman–Crippen MR) is 65.5 cm³/mol. The first kappa shape index (κ1) is 11.2. The number of hydrogen-bond donors (Lipinski definition) is 2. The number of aromatic amines is 2. The van der Waals surface area contributed by atoms with Gasteiger partial charge in [0.15, 0.2) is 4.77 Å². The van der Waals surface area contributed by atoms with Crippen LogP contribution in [0.25, 0.3) is 0 Å². The number of halogens is 1. The summed E-state index contributed by atoms with van der Waals surface area (Å²) in [5.41, 5.74) is 0.600. The summed E-state index contributed by atoms with van der Waals surface area (Å²) in [5.74, 6) is 0. The average Bonchev–Trinajstić information content (AvgIpc) is 2.58. The Labute approximate surface area is 102 Å². The van der Waals surface area contributed by atoms with Crippen molar-refractivity contribution in [3.05, 3.63) is 50.1 Å². The Hall–Kier alpha value is -1.33. The van der Waals surface area contributed by atoms with Gasteiger partial charge in [-0.2, -0.15) is 0 Å². The van der Waals surface area contributed by atoms with E-state index in [0.29, 0.717) is 9.79 Å². The van der Waals surface area contributed by atoms with Crippen LogP contribution in [0.1, 0.15) is 18.5 Å². The van der Waals surface area contributed by atoms with E-state index in [9.17, 15) is 4.79 Å². The number of nitrogens with zero attached hydrogens (tertiary/aromatic N) is 1. The van der Waals surface area contributed by atoms with Gasteiger partial charge in [0.25, 0.3) is 0 Å². The molecule has 1 unspecified atom stereocenters. The minimum Gasteiger partial charge on any atom is -0.272 e. The third-order valence-electron chi connectivity index (χ3n) is 2.46. The number of rotatable bonds is 2. The number of aromatic nitrogens is 3. The Morgan fingerprint density at radius 3 is 2.62 bits per heavy atom. The Morgan fingerprint density at radius 2 is 2.06 bits per heavy atom. The quantitative estimate of drug-likeness (QED) is 0.810. The third-order valence-corrected chi connectivity index (χ3v) is 3.10. The molecule has 1 aromatic carbocycles. The van der Waals surface area contributed by atoms with Crippen LogP contribution in [-0.2, 0) is 0 Å². The van der Waals surface area contributed by atoms with Crippen molar-refractivity contribution in [2.75, 3.05) is 0 Å². The monoisotopic (exact) mass is 255 g/mol. The van der Waals surface area contributed by atoms with Gasteiger partial charge in [0.05, 0.1) is 6.04 Å². The second kappa shape index (κ2) is 4.27. The molecule has 0 aliphatic heterocycles. The zero-order valence-electron chi connectivity index (χ0n) is 8.53. The first-order valence-corrected chi connectivity index (χ1v) is 5.53. The van der Waals surface area contributed by atoms with Crippen LogP contribution in [-0.4, -0.2) is 14.8 Å². The SMILES string of the molecule is CC(c1ccccc1Cl)n1c(=O)[nH][nH]c1=S. The van der Waals surface area contributed by atoms with Crippen LogP contribution in [0.5, 0.6) is 0 Å². The molecule has 1 aromatic heterocycles. The maximum atomic E-state index is 11.5. The lowest BCUT2D eigenvalue weighted by molar-refractivity contribution is 0.609. The van der Waals surface area contributed by atoms with Crippen LogP contribution in [0.3, 0.4) is 0 Å². The molecule has 0 radical (unpaired) electrons. The normalized spacial score (nSPS) is 12.6. The van der Waals surface area contributed by atoms with Crippen molar-refractivity contribution >= 4 is 23.8 Å². The van der Waals surface area contributed by atoms with Gasteiger partial charge >= 0.3 is 5.69 Å². The largest absolute Gasteiger partial charge is 0.342 e. The van der Waals surface area contributed by atoms with E-state index < -0.39 is 0 Å². The molecule has 84 valence electrons. The molecule has 4 nitrogen and oxygen atoms in total. The van der Waals surface area contributed by atoms with E-state index in [1.165, 1.54) is 4.57 Å². The van der Waals surface area contributed by atoms with Gasteiger partial charge in [-0.05, 0) is 30.8 Å². The summed E-state index contributed by atoms with van der Waals surface area (Å²) >= 11 is 11.1. The number of hydrogen-bond acceptors (Lipinski definition) is 2. The zero-order valence-corrected chi connectivity index (χ0v) is 10.1. The molecule has 0 spiro atoms. The summed E-state index contributed by atoms with van der Waals surface area (Å²) in [7, 11) is 0. The molecule has 6 heteroatoms. The second-order valence-electron chi connectivity index (χ2n) is 3.43. The standard InChI is InChI=1S/C10H10ClN3OS/c1-6(7-4-2-3-5-8(7)11)14-9(15)12-13-10(14)16/h2-6H,1H3,(H,12,15)(H,13,16).